The molecule has 0 amide bonds. The molecule has 1 aliphatic heterocycles. The van der Waals surface area contributed by atoms with Gasteiger partial charge in [-0.3, -0.25) is 4.79 Å². The highest BCUT2D eigenvalue weighted by Gasteiger charge is 2.39. The summed E-state index contributed by atoms with van der Waals surface area (Å²) in [5.74, 6) is 1.40. The van der Waals surface area contributed by atoms with E-state index in [0.717, 1.165) is 16.9 Å². The normalized spacial score (nSPS) is 16.0. The van der Waals surface area contributed by atoms with Crippen molar-refractivity contribution in [3.05, 3.63) is 48.0 Å². The molecule has 0 saturated heterocycles. The van der Waals surface area contributed by atoms with Crippen molar-refractivity contribution in [3.8, 4) is 22.6 Å². The van der Waals surface area contributed by atoms with E-state index in [1.165, 1.54) is 0 Å². The monoisotopic (exact) mass is 410 g/mol. The van der Waals surface area contributed by atoms with Gasteiger partial charge in [0.1, 0.15) is 18.1 Å². The fourth-order valence-corrected chi connectivity index (χ4v) is 2.88. The molecule has 0 N–H and O–H groups in total. The zero-order valence-electron chi connectivity index (χ0n) is 11.2. The van der Waals surface area contributed by atoms with E-state index in [-0.39, 0.29) is 12.4 Å². The number of Topliss-reactive ketones (excluding diaryl/α,β-unsaturated/α-hetero) is 1. The summed E-state index contributed by atoms with van der Waals surface area (Å²) in [6.45, 7) is 0.255. The second-order valence-corrected chi connectivity index (χ2v) is 8.53. The molecule has 1 aliphatic rings. The Morgan fingerprint density at radius 2 is 1.76 bits per heavy atom. The Bertz CT molecular complexity index is 693. The first-order valence-corrected chi connectivity index (χ1v) is 7.94. The van der Waals surface area contributed by atoms with Gasteiger partial charge in [-0.1, -0.05) is 50.1 Å². The second-order valence-electron chi connectivity index (χ2n) is 4.76. The van der Waals surface area contributed by atoms with E-state index in [1.54, 1.807) is 13.2 Å². The third kappa shape index (κ3) is 2.72. The maximum Gasteiger partial charge on any atom is 0.197 e. The van der Waals surface area contributed by atoms with E-state index in [4.69, 9.17) is 9.47 Å². The Labute approximate surface area is 139 Å². The van der Waals surface area contributed by atoms with E-state index in [2.05, 4.69) is 31.9 Å². The first-order chi connectivity index (χ1) is 10.0. The van der Waals surface area contributed by atoms with Gasteiger partial charge in [0.15, 0.2) is 9.02 Å². The number of halogens is 2. The van der Waals surface area contributed by atoms with E-state index < -0.39 is 3.23 Å². The number of carbonyl (C=O) groups excluding carboxylic acids is 1. The molecular formula is C16H12Br2O3. The van der Waals surface area contributed by atoms with Crippen LogP contribution in [0.1, 0.15) is 10.4 Å². The molecule has 21 heavy (non-hydrogen) atoms. The third-order valence-electron chi connectivity index (χ3n) is 3.39. The lowest BCUT2D eigenvalue weighted by molar-refractivity contribution is 0.0933. The smallest absolute Gasteiger partial charge is 0.197 e. The van der Waals surface area contributed by atoms with Crippen LogP contribution in [0.2, 0.25) is 0 Å². The van der Waals surface area contributed by atoms with Crippen molar-refractivity contribution in [3.63, 3.8) is 0 Å². The molecule has 108 valence electrons. The molecule has 0 aromatic heterocycles. The van der Waals surface area contributed by atoms with Gasteiger partial charge in [0.05, 0.1) is 12.7 Å². The summed E-state index contributed by atoms with van der Waals surface area (Å²) in [4.78, 5) is 12.3. The first-order valence-electron chi connectivity index (χ1n) is 6.35. The van der Waals surface area contributed by atoms with Crippen molar-refractivity contribution in [2.45, 2.75) is 3.23 Å². The molecule has 1 heterocycles. The fourth-order valence-electron chi connectivity index (χ4n) is 2.22. The van der Waals surface area contributed by atoms with Gasteiger partial charge in [-0.05, 0) is 35.4 Å². The van der Waals surface area contributed by atoms with Gasteiger partial charge in [-0.25, -0.2) is 0 Å². The maximum absolute atomic E-state index is 12.3. The highest BCUT2D eigenvalue weighted by molar-refractivity contribution is 9.26. The predicted octanol–water partition coefficient (Wildman–Crippen LogP) is 4.42. The molecule has 5 heteroatoms. The van der Waals surface area contributed by atoms with E-state index in [0.29, 0.717) is 11.3 Å². The largest absolute Gasteiger partial charge is 0.497 e. The minimum absolute atomic E-state index is 0.0231. The van der Waals surface area contributed by atoms with Gasteiger partial charge < -0.3 is 9.47 Å². The second kappa shape index (κ2) is 5.46. The molecule has 0 atom stereocenters. The van der Waals surface area contributed by atoms with Crippen molar-refractivity contribution in [1.82, 2.24) is 0 Å². The van der Waals surface area contributed by atoms with Crippen LogP contribution in [0.4, 0.5) is 0 Å². The number of hydrogen-bond donors (Lipinski definition) is 0. The van der Waals surface area contributed by atoms with Crippen LogP contribution < -0.4 is 9.47 Å². The number of carbonyl (C=O) groups is 1. The lowest BCUT2D eigenvalue weighted by Gasteiger charge is -2.27. The quantitative estimate of drug-likeness (QED) is 0.686. The average Bonchev–Trinajstić information content (AvgIpc) is 2.51. The number of methoxy groups -OCH3 is 1. The zero-order valence-corrected chi connectivity index (χ0v) is 14.4. The molecule has 0 saturated carbocycles. The molecular weight excluding hydrogens is 400 g/mol. The Morgan fingerprint density at radius 3 is 2.43 bits per heavy atom. The van der Waals surface area contributed by atoms with Crippen LogP contribution in [-0.4, -0.2) is 22.7 Å². The van der Waals surface area contributed by atoms with Gasteiger partial charge in [0, 0.05) is 0 Å². The van der Waals surface area contributed by atoms with Crippen LogP contribution in [0.15, 0.2) is 42.5 Å². The van der Waals surface area contributed by atoms with Gasteiger partial charge >= 0.3 is 0 Å². The highest BCUT2D eigenvalue weighted by Crippen LogP contribution is 2.40. The molecule has 0 radical (unpaired) electrons. The summed E-state index contributed by atoms with van der Waals surface area (Å²) in [5, 5.41) is 0. The van der Waals surface area contributed by atoms with Crippen molar-refractivity contribution < 1.29 is 14.3 Å². The van der Waals surface area contributed by atoms with Gasteiger partial charge in [-0.15, -0.1) is 0 Å². The Hall–Kier alpha value is -1.33. The highest BCUT2D eigenvalue weighted by atomic mass is 79.9. The molecule has 0 unspecified atom stereocenters. The maximum atomic E-state index is 12.3. The molecule has 0 spiro atoms. The number of hydrogen-bond acceptors (Lipinski definition) is 3. The topological polar surface area (TPSA) is 35.5 Å². The van der Waals surface area contributed by atoms with Crippen LogP contribution in [0, 0.1) is 0 Å². The summed E-state index contributed by atoms with van der Waals surface area (Å²) in [6, 6.07) is 13.4. The Balaban J connectivity index is 1.98. The van der Waals surface area contributed by atoms with Crippen molar-refractivity contribution in [2.24, 2.45) is 0 Å². The standard InChI is InChI=1S/C16H12Br2O3/c1-20-12-5-2-10(3-6-12)11-4-7-13-14(8-11)21-9-16(17,18)15(13)19/h2-8H,9H2,1H3. The molecule has 0 bridgehead atoms. The average molecular weight is 412 g/mol. The van der Waals surface area contributed by atoms with Crippen molar-refractivity contribution in [2.75, 3.05) is 13.7 Å². The number of fused-ring (bicyclic) bond motifs is 1. The lowest BCUT2D eigenvalue weighted by atomic mass is 9.99. The number of ketones is 1. The van der Waals surface area contributed by atoms with Crippen LogP contribution in [0.25, 0.3) is 11.1 Å². The summed E-state index contributed by atoms with van der Waals surface area (Å²) in [5.41, 5.74) is 2.62. The number of ether oxygens (including phenoxy) is 2. The summed E-state index contributed by atoms with van der Waals surface area (Å²) < 4.78 is 10.0. The predicted molar refractivity (Wildman–Crippen MR) is 88.8 cm³/mol. The Morgan fingerprint density at radius 1 is 1.10 bits per heavy atom. The van der Waals surface area contributed by atoms with Crippen molar-refractivity contribution in [1.29, 1.82) is 0 Å². The van der Waals surface area contributed by atoms with Gasteiger partial charge in [0.2, 0.25) is 0 Å². The van der Waals surface area contributed by atoms with E-state index in [9.17, 15) is 4.79 Å². The molecule has 3 nitrogen and oxygen atoms in total. The summed E-state index contributed by atoms with van der Waals surface area (Å²) in [6.07, 6.45) is 0. The minimum atomic E-state index is -0.825. The molecule has 2 aromatic carbocycles. The number of benzene rings is 2. The van der Waals surface area contributed by atoms with Gasteiger partial charge in [0.25, 0.3) is 0 Å². The zero-order chi connectivity index (χ0) is 15.0. The number of rotatable bonds is 2. The third-order valence-corrected chi connectivity index (χ3v) is 4.57. The SMILES string of the molecule is COc1ccc(-c2ccc3c(c2)OCC(Br)(Br)C3=O)cc1. The number of alkyl halides is 2. The van der Waals surface area contributed by atoms with Crippen LogP contribution >= 0.6 is 31.9 Å². The fraction of sp³-hybridized carbons (Fsp3) is 0.188. The van der Waals surface area contributed by atoms with Crippen molar-refractivity contribution >= 4 is 37.6 Å². The van der Waals surface area contributed by atoms with E-state index in [1.807, 2.05) is 36.4 Å². The molecule has 2 aromatic rings. The van der Waals surface area contributed by atoms with E-state index >= 15 is 0 Å². The Kier molecular flexibility index (Phi) is 3.80. The summed E-state index contributed by atoms with van der Waals surface area (Å²) >= 11 is 6.67. The van der Waals surface area contributed by atoms with Crippen LogP contribution in [0.3, 0.4) is 0 Å². The first kappa shape index (κ1) is 14.6. The molecule has 3 rings (SSSR count). The van der Waals surface area contributed by atoms with Gasteiger partial charge in [-0.2, -0.15) is 0 Å². The summed E-state index contributed by atoms with van der Waals surface area (Å²) in [7, 11) is 1.64. The molecule has 0 aliphatic carbocycles. The molecule has 0 fully saturated rings. The van der Waals surface area contributed by atoms with Crippen LogP contribution in [-0.2, 0) is 0 Å². The lowest BCUT2D eigenvalue weighted by Crippen LogP contribution is -2.36. The minimum Gasteiger partial charge on any atom is -0.497 e. The van der Waals surface area contributed by atoms with Crippen LogP contribution in [0.5, 0.6) is 11.5 Å².